The summed E-state index contributed by atoms with van der Waals surface area (Å²) in [4.78, 5) is 2.27. The van der Waals surface area contributed by atoms with Crippen molar-refractivity contribution in [3.63, 3.8) is 0 Å². The molecule has 0 aliphatic carbocycles. The molecule has 4 heteroatoms. The first kappa shape index (κ1) is 15.4. The summed E-state index contributed by atoms with van der Waals surface area (Å²) in [5.74, 6) is -0.102. The van der Waals surface area contributed by atoms with Gasteiger partial charge in [-0.05, 0) is 31.0 Å². The Morgan fingerprint density at radius 1 is 1.30 bits per heavy atom. The average Bonchev–Trinajstić information content (AvgIpc) is 2.71. The molecule has 1 heterocycles. The van der Waals surface area contributed by atoms with Gasteiger partial charge in [0, 0.05) is 38.3 Å². The number of benzene rings is 1. The molecule has 0 spiro atoms. The lowest BCUT2D eigenvalue weighted by Crippen LogP contribution is -2.26. The Bertz CT molecular complexity index is 403. The van der Waals surface area contributed by atoms with Crippen molar-refractivity contribution in [3.8, 4) is 0 Å². The molecule has 1 aliphatic rings. The van der Waals surface area contributed by atoms with Gasteiger partial charge in [-0.15, -0.1) is 0 Å². The monoisotopic (exact) mass is 280 g/mol. The standard InChI is InChI=1S/C16H25FN2O/c1-2-6-18-12-14-4-5-16(17)15(11-14)13-19-7-3-9-20-10-8-19/h4-5,11,18H,2-3,6-10,12-13H2,1H3. The van der Waals surface area contributed by atoms with Gasteiger partial charge >= 0.3 is 0 Å². The minimum atomic E-state index is -0.102. The van der Waals surface area contributed by atoms with E-state index in [0.717, 1.165) is 63.4 Å². The lowest BCUT2D eigenvalue weighted by Gasteiger charge is -2.20. The fraction of sp³-hybridized carbons (Fsp3) is 0.625. The van der Waals surface area contributed by atoms with Crippen LogP contribution in [0.1, 0.15) is 30.9 Å². The summed E-state index contributed by atoms with van der Waals surface area (Å²) in [5, 5.41) is 3.36. The SMILES string of the molecule is CCCNCc1ccc(F)c(CN2CCCOCC2)c1. The topological polar surface area (TPSA) is 24.5 Å². The molecule has 1 fully saturated rings. The lowest BCUT2D eigenvalue weighted by atomic mass is 10.1. The molecular formula is C16H25FN2O. The molecule has 2 rings (SSSR count). The van der Waals surface area contributed by atoms with Crippen LogP contribution in [0.5, 0.6) is 0 Å². The van der Waals surface area contributed by atoms with Crippen molar-refractivity contribution in [3.05, 3.63) is 35.1 Å². The largest absolute Gasteiger partial charge is 0.380 e. The molecule has 1 N–H and O–H groups in total. The molecule has 20 heavy (non-hydrogen) atoms. The first-order valence-electron chi connectivity index (χ1n) is 7.57. The normalized spacial score (nSPS) is 17.1. The molecule has 0 unspecified atom stereocenters. The van der Waals surface area contributed by atoms with Crippen LogP contribution in [0.4, 0.5) is 4.39 Å². The van der Waals surface area contributed by atoms with Crippen molar-refractivity contribution < 1.29 is 9.13 Å². The molecule has 1 aromatic carbocycles. The second-order valence-electron chi connectivity index (χ2n) is 5.34. The molecule has 3 nitrogen and oxygen atoms in total. The van der Waals surface area contributed by atoms with Crippen LogP contribution in [-0.4, -0.2) is 37.7 Å². The summed E-state index contributed by atoms with van der Waals surface area (Å²) in [7, 11) is 0. The van der Waals surface area contributed by atoms with E-state index in [0.29, 0.717) is 6.54 Å². The Hall–Kier alpha value is -0.970. The van der Waals surface area contributed by atoms with Crippen LogP contribution in [0.3, 0.4) is 0 Å². The zero-order valence-electron chi connectivity index (χ0n) is 12.3. The molecule has 0 saturated carbocycles. The minimum absolute atomic E-state index is 0.102. The van der Waals surface area contributed by atoms with E-state index < -0.39 is 0 Å². The maximum Gasteiger partial charge on any atom is 0.127 e. The number of halogens is 1. The van der Waals surface area contributed by atoms with E-state index in [2.05, 4.69) is 17.1 Å². The Kier molecular flexibility index (Phi) is 6.43. The van der Waals surface area contributed by atoms with Gasteiger partial charge in [-0.1, -0.05) is 19.1 Å². The molecule has 0 amide bonds. The Morgan fingerprint density at radius 2 is 2.20 bits per heavy atom. The third kappa shape index (κ3) is 4.85. The lowest BCUT2D eigenvalue weighted by molar-refractivity contribution is 0.140. The van der Waals surface area contributed by atoms with Crippen molar-refractivity contribution in [1.82, 2.24) is 10.2 Å². The van der Waals surface area contributed by atoms with E-state index >= 15 is 0 Å². The number of ether oxygens (including phenoxy) is 1. The summed E-state index contributed by atoms with van der Waals surface area (Å²) >= 11 is 0. The number of nitrogens with one attached hydrogen (secondary N) is 1. The summed E-state index contributed by atoms with van der Waals surface area (Å²) in [5.41, 5.74) is 1.95. The van der Waals surface area contributed by atoms with Gasteiger partial charge in [0.15, 0.2) is 0 Å². The van der Waals surface area contributed by atoms with Crippen LogP contribution >= 0.6 is 0 Å². The summed E-state index contributed by atoms with van der Waals surface area (Å²) < 4.78 is 19.4. The van der Waals surface area contributed by atoms with Crippen LogP contribution in [0, 0.1) is 5.82 Å². The maximum absolute atomic E-state index is 13.9. The van der Waals surface area contributed by atoms with Gasteiger partial charge in [-0.3, -0.25) is 4.90 Å². The van der Waals surface area contributed by atoms with Gasteiger partial charge in [-0.25, -0.2) is 4.39 Å². The van der Waals surface area contributed by atoms with E-state index in [1.165, 1.54) is 0 Å². The van der Waals surface area contributed by atoms with E-state index in [-0.39, 0.29) is 5.82 Å². The first-order chi connectivity index (χ1) is 9.79. The number of hydrogen-bond donors (Lipinski definition) is 1. The number of hydrogen-bond acceptors (Lipinski definition) is 3. The van der Waals surface area contributed by atoms with Crippen LogP contribution < -0.4 is 5.32 Å². The predicted molar refractivity (Wildman–Crippen MR) is 79.1 cm³/mol. The zero-order valence-corrected chi connectivity index (χ0v) is 12.3. The van der Waals surface area contributed by atoms with Gasteiger partial charge < -0.3 is 10.1 Å². The highest BCUT2D eigenvalue weighted by Crippen LogP contribution is 2.14. The second kappa shape index (κ2) is 8.35. The molecule has 0 radical (unpaired) electrons. The van der Waals surface area contributed by atoms with Crippen LogP contribution in [0.25, 0.3) is 0 Å². The molecule has 112 valence electrons. The smallest absolute Gasteiger partial charge is 0.127 e. The molecular weight excluding hydrogens is 255 g/mol. The molecule has 1 aromatic rings. The molecule has 0 atom stereocenters. The Morgan fingerprint density at radius 3 is 3.05 bits per heavy atom. The quantitative estimate of drug-likeness (QED) is 0.811. The third-order valence-electron chi connectivity index (χ3n) is 3.57. The second-order valence-corrected chi connectivity index (χ2v) is 5.34. The van der Waals surface area contributed by atoms with Gasteiger partial charge in [0.25, 0.3) is 0 Å². The fourth-order valence-corrected chi connectivity index (χ4v) is 2.47. The van der Waals surface area contributed by atoms with Crippen molar-refractivity contribution in [2.24, 2.45) is 0 Å². The van der Waals surface area contributed by atoms with Crippen molar-refractivity contribution in [1.29, 1.82) is 0 Å². The average molecular weight is 280 g/mol. The van der Waals surface area contributed by atoms with E-state index in [1.807, 2.05) is 12.1 Å². The van der Waals surface area contributed by atoms with Crippen LogP contribution in [0.2, 0.25) is 0 Å². The van der Waals surface area contributed by atoms with Gasteiger partial charge in [-0.2, -0.15) is 0 Å². The first-order valence-corrected chi connectivity index (χ1v) is 7.57. The maximum atomic E-state index is 13.9. The zero-order chi connectivity index (χ0) is 14.2. The van der Waals surface area contributed by atoms with Crippen molar-refractivity contribution in [2.45, 2.75) is 32.9 Å². The number of rotatable bonds is 6. The van der Waals surface area contributed by atoms with Gasteiger partial charge in [0.1, 0.15) is 5.82 Å². The predicted octanol–water partition coefficient (Wildman–Crippen LogP) is 2.55. The highest BCUT2D eigenvalue weighted by molar-refractivity contribution is 5.25. The van der Waals surface area contributed by atoms with E-state index in [9.17, 15) is 4.39 Å². The summed E-state index contributed by atoms with van der Waals surface area (Å²) in [6.45, 7) is 8.07. The summed E-state index contributed by atoms with van der Waals surface area (Å²) in [6, 6.07) is 5.45. The highest BCUT2D eigenvalue weighted by atomic mass is 19.1. The van der Waals surface area contributed by atoms with Gasteiger partial charge in [0.05, 0.1) is 6.61 Å². The molecule has 1 saturated heterocycles. The summed E-state index contributed by atoms with van der Waals surface area (Å²) in [6.07, 6.45) is 2.14. The minimum Gasteiger partial charge on any atom is -0.380 e. The van der Waals surface area contributed by atoms with Crippen LogP contribution in [0.15, 0.2) is 18.2 Å². The molecule has 1 aliphatic heterocycles. The molecule has 0 bridgehead atoms. The van der Waals surface area contributed by atoms with E-state index in [4.69, 9.17) is 4.74 Å². The Labute approximate surface area is 121 Å². The van der Waals surface area contributed by atoms with Crippen LogP contribution in [-0.2, 0) is 17.8 Å². The van der Waals surface area contributed by atoms with Crippen molar-refractivity contribution in [2.75, 3.05) is 32.8 Å². The van der Waals surface area contributed by atoms with Gasteiger partial charge in [0.2, 0.25) is 0 Å². The number of nitrogens with zero attached hydrogens (tertiary/aromatic N) is 1. The van der Waals surface area contributed by atoms with Crippen molar-refractivity contribution >= 4 is 0 Å². The van der Waals surface area contributed by atoms with E-state index in [1.54, 1.807) is 6.07 Å². The Balaban J connectivity index is 1.96. The third-order valence-corrected chi connectivity index (χ3v) is 3.57. The fourth-order valence-electron chi connectivity index (χ4n) is 2.47. The highest BCUT2D eigenvalue weighted by Gasteiger charge is 2.12. The molecule has 0 aromatic heterocycles.